The molecule has 0 radical (unpaired) electrons. The van der Waals surface area contributed by atoms with Crippen molar-refractivity contribution in [2.24, 2.45) is 5.41 Å². The zero-order valence-electron chi connectivity index (χ0n) is 13.2. The van der Waals surface area contributed by atoms with E-state index < -0.39 is 5.41 Å². The Kier molecular flexibility index (Phi) is 5.83. The van der Waals surface area contributed by atoms with E-state index in [2.05, 4.69) is 23.6 Å². The van der Waals surface area contributed by atoms with Gasteiger partial charge in [0.25, 0.3) is 0 Å². The molecule has 21 heavy (non-hydrogen) atoms. The first-order chi connectivity index (χ1) is 10.2. The van der Waals surface area contributed by atoms with Crippen LogP contribution in [0.5, 0.6) is 0 Å². The zero-order chi connectivity index (χ0) is 15.1. The molecule has 0 aromatic heterocycles. The summed E-state index contributed by atoms with van der Waals surface area (Å²) < 4.78 is 0. The van der Waals surface area contributed by atoms with Gasteiger partial charge in [-0.25, -0.2) is 0 Å². The summed E-state index contributed by atoms with van der Waals surface area (Å²) in [7, 11) is 0. The average molecular weight is 292 g/mol. The molecule has 1 saturated carbocycles. The van der Waals surface area contributed by atoms with Gasteiger partial charge in [0, 0.05) is 13.1 Å². The van der Waals surface area contributed by atoms with Crippen LogP contribution in [-0.4, -0.2) is 24.9 Å². The highest BCUT2D eigenvalue weighted by molar-refractivity contribution is 6.07. The molecular weight excluding hydrogens is 264 g/mol. The molecule has 2 amide bonds. The molecule has 4 nitrogen and oxygen atoms in total. The van der Waals surface area contributed by atoms with Crippen LogP contribution >= 0.6 is 0 Å². The number of carbonyl (C=O) groups is 2. The van der Waals surface area contributed by atoms with Crippen molar-refractivity contribution in [1.29, 1.82) is 0 Å². The molecule has 0 atom stereocenters. The summed E-state index contributed by atoms with van der Waals surface area (Å²) in [6.45, 7) is 3.43. The van der Waals surface area contributed by atoms with E-state index in [1.807, 2.05) is 0 Å². The third-order valence-corrected chi connectivity index (χ3v) is 4.55. The Morgan fingerprint density at radius 1 is 1.14 bits per heavy atom. The topological polar surface area (TPSA) is 58.2 Å². The minimum absolute atomic E-state index is 0.0760. The summed E-state index contributed by atoms with van der Waals surface area (Å²) in [6.07, 6.45) is 11.5. The van der Waals surface area contributed by atoms with E-state index >= 15 is 0 Å². The van der Waals surface area contributed by atoms with Crippen molar-refractivity contribution >= 4 is 11.8 Å². The van der Waals surface area contributed by atoms with Crippen molar-refractivity contribution < 1.29 is 9.59 Å². The highest BCUT2D eigenvalue weighted by Crippen LogP contribution is 2.46. The van der Waals surface area contributed by atoms with Crippen molar-refractivity contribution in [3.63, 3.8) is 0 Å². The number of hydrogen-bond acceptors (Lipinski definition) is 2. The van der Waals surface area contributed by atoms with Gasteiger partial charge in [0.15, 0.2) is 0 Å². The van der Waals surface area contributed by atoms with Crippen LogP contribution in [0.1, 0.15) is 64.7 Å². The second kappa shape index (κ2) is 7.62. The van der Waals surface area contributed by atoms with Gasteiger partial charge >= 0.3 is 0 Å². The Labute approximate surface area is 127 Å². The molecular formula is C17H28N2O2. The quantitative estimate of drug-likeness (QED) is 0.410. The lowest BCUT2D eigenvalue weighted by atomic mass is 9.97. The van der Waals surface area contributed by atoms with E-state index in [-0.39, 0.29) is 11.8 Å². The third kappa shape index (κ3) is 4.32. The molecule has 2 aliphatic carbocycles. The lowest BCUT2D eigenvalue weighted by Gasteiger charge is -2.17. The lowest BCUT2D eigenvalue weighted by Crippen LogP contribution is -2.43. The van der Waals surface area contributed by atoms with Crippen LogP contribution in [0.3, 0.4) is 0 Å². The summed E-state index contributed by atoms with van der Waals surface area (Å²) >= 11 is 0. The van der Waals surface area contributed by atoms with Crippen LogP contribution in [0.2, 0.25) is 0 Å². The number of nitrogens with one attached hydrogen (secondary N) is 2. The van der Waals surface area contributed by atoms with Crippen molar-refractivity contribution in [1.82, 2.24) is 10.6 Å². The first-order valence-corrected chi connectivity index (χ1v) is 8.43. The zero-order valence-corrected chi connectivity index (χ0v) is 13.2. The van der Waals surface area contributed by atoms with E-state index in [1.54, 1.807) is 0 Å². The van der Waals surface area contributed by atoms with Gasteiger partial charge in [-0.05, 0) is 51.4 Å². The predicted molar refractivity (Wildman–Crippen MR) is 83.8 cm³/mol. The molecule has 4 heteroatoms. The van der Waals surface area contributed by atoms with Crippen molar-refractivity contribution in [2.75, 3.05) is 13.1 Å². The van der Waals surface area contributed by atoms with Crippen LogP contribution < -0.4 is 10.6 Å². The van der Waals surface area contributed by atoms with Crippen molar-refractivity contribution in [3.05, 3.63) is 11.6 Å². The van der Waals surface area contributed by atoms with Crippen LogP contribution in [0.25, 0.3) is 0 Å². The second-order valence-corrected chi connectivity index (χ2v) is 6.31. The van der Waals surface area contributed by atoms with E-state index in [0.717, 1.165) is 19.3 Å². The summed E-state index contributed by atoms with van der Waals surface area (Å²) in [5, 5.41) is 5.86. The van der Waals surface area contributed by atoms with E-state index in [4.69, 9.17) is 0 Å². The Morgan fingerprint density at radius 2 is 1.86 bits per heavy atom. The summed E-state index contributed by atoms with van der Waals surface area (Å²) in [4.78, 5) is 24.4. The monoisotopic (exact) mass is 292 g/mol. The highest BCUT2D eigenvalue weighted by atomic mass is 16.2. The summed E-state index contributed by atoms with van der Waals surface area (Å²) in [6, 6.07) is 0. The van der Waals surface area contributed by atoms with Gasteiger partial charge in [0.2, 0.25) is 11.8 Å². The number of carbonyl (C=O) groups excluding carboxylic acids is 2. The molecule has 0 unspecified atom stereocenters. The molecule has 2 N–H and O–H groups in total. The lowest BCUT2D eigenvalue weighted by molar-refractivity contribution is -0.137. The van der Waals surface area contributed by atoms with E-state index in [0.29, 0.717) is 25.9 Å². The number of allylic oxidation sites excluding steroid dienone is 1. The third-order valence-electron chi connectivity index (χ3n) is 4.55. The van der Waals surface area contributed by atoms with Crippen LogP contribution in [0.4, 0.5) is 0 Å². The molecule has 0 aromatic carbocycles. The maximum absolute atomic E-state index is 12.3. The van der Waals surface area contributed by atoms with Gasteiger partial charge in [-0.3, -0.25) is 9.59 Å². The van der Waals surface area contributed by atoms with Crippen LogP contribution in [0.15, 0.2) is 11.6 Å². The molecule has 118 valence electrons. The fourth-order valence-electron chi connectivity index (χ4n) is 2.87. The van der Waals surface area contributed by atoms with Gasteiger partial charge < -0.3 is 10.6 Å². The first-order valence-electron chi connectivity index (χ1n) is 8.43. The van der Waals surface area contributed by atoms with Crippen LogP contribution in [-0.2, 0) is 9.59 Å². The number of hydrogen-bond donors (Lipinski definition) is 2. The Morgan fingerprint density at radius 3 is 2.43 bits per heavy atom. The largest absolute Gasteiger partial charge is 0.355 e. The van der Waals surface area contributed by atoms with Gasteiger partial charge in [-0.2, -0.15) is 0 Å². The minimum Gasteiger partial charge on any atom is -0.355 e. The summed E-state index contributed by atoms with van der Waals surface area (Å²) in [5.74, 6) is -0.154. The molecule has 2 rings (SSSR count). The smallest absolute Gasteiger partial charge is 0.235 e. The van der Waals surface area contributed by atoms with Gasteiger partial charge in [-0.15, -0.1) is 0 Å². The summed E-state index contributed by atoms with van der Waals surface area (Å²) in [5.41, 5.74) is 0.702. The normalized spacial score (nSPS) is 19.6. The minimum atomic E-state index is -0.755. The molecule has 2 aliphatic rings. The highest BCUT2D eigenvalue weighted by Gasteiger charge is 2.56. The number of unbranched alkanes of at least 4 members (excludes halogenated alkanes) is 1. The maximum atomic E-state index is 12.3. The average Bonchev–Trinajstić information content (AvgIpc) is 3.30. The first kappa shape index (κ1) is 16.1. The second-order valence-electron chi connectivity index (χ2n) is 6.31. The predicted octanol–water partition coefficient (Wildman–Crippen LogP) is 2.69. The molecule has 0 aromatic rings. The standard InChI is InChI=1S/C17H28N2O2/c1-2-3-12-18-15(20)17(10-11-17)16(21)19-13-9-14-7-5-4-6-8-14/h7H,2-6,8-13H2,1H3,(H,18,20)(H,19,21). The molecule has 0 heterocycles. The molecule has 1 fully saturated rings. The van der Waals surface area contributed by atoms with Crippen molar-refractivity contribution in [2.45, 2.75) is 64.7 Å². The van der Waals surface area contributed by atoms with E-state index in [1.165, 1.54) is 31.3 Å². The van der Waals surface area contributed by atoms with Gasteiger partial charge in [-0.1, -0.05) is 25.0 Å². The molecule has 0 saturated heterocycles. The van der Waals surface area contributed by atoms with Gasteiger partial charge in [0.1, 0.15) is 5.41 Å². The Balaban J connectivity index is 1.71. The Bertz CT molecular complexity index is 411. The Hall–Kier alpha value is -1.32. The molecule has 0 bridgehead atoms. The SMILES string of the molecule is CCCCNC(=O)C1(C(=O)NCCC2=CCCCC2)CC1. The molecule has 0 aliphatic heterocycles. The fourth-order valence-corrected chi connectivity index (χ4v) is 2.87. The maximum Gasteiger partial charge on any atom is 0.235 e. The number of amides is 2. The van der Waals surface area contributed by atoms with Crippen LogP contribution in [0, 0.1) is 5.41 Å². The fraction of sp³-hybridized carbons (Fsp3) is 0.765. The van der Waals surface area contributed by atoms with Crippen molar-refractivity contribution in [3.8, 4) is 0 Å². The van der Waals surface area contributed by atoms with Gasteiger partial charge in [0.05, 0.1) is 0 Å². The molecule has 0 spiro atoms. The van der Waals surface area contributed by atoms with E-state index in [9.17, 15) is 9.59 Å². The number of rotatable bonds is 8.